The minimum atomic E-state index is -1.72. The molecule has 1 heterocycles. The number of carbonyl (C=O) groups is 3. The van der Waals surface area contributed by atoms with Crippen molar-refractivity contribution in [2.75, 3.05) is 13.7 Å². The van der Waals surface area contributed by atoms with Crippen LogP contribution in [0.15, 0.2) is 54.6 Å². The summed E-state index contributed by atoms with van der Waals surface area (Å²) in [4.78, 5) is 35.1. The van der Waals surface area contributed by atoms with Crippen LogP contribution in [0.3, 0.4) is 0 Å². The van der Waals surface area contributed by atoms with Crippen LogP contribution in [-0.2, 0) is 11.3 Å². The predicted octanol–water partition coefficient (Wildman–Crippen LogP) is 1.88. The van der Waals surface area contributed by atoms with Crippen molar-refractivity contribution in [1.82, 2.24) is 20.6 Å². The van der Waals surface area contributed by atoms with E-state index in [1.807, 2.05) is 48.5 Å². The van der Waals surface area contributed by atoms with Gasteiger partial charge in [-0.25, -0.2) is 9.80 Å². The SMILES string of the molecule is COc1ccccc1-c1ccc(CN(CC(O)C(=O)O)NC(=O)c2cc(C(C)=O)n[nH]2)cc1. The van der Waals surface area contributed by atoms with Gasteiger partial charge in [-0.1, -0.05) is 42.5 Å². The number of amides is 1. The molecule has 3 aromatic rings. The second-order valence-corrected chi connectivity index (χ2v) is 7.30. The number of benzene rings is 2. The van der Waals surface area contributed by atoms with Gasteiger partial charge in [0.15, 0.2) is 11.9 Å². The first-order chi connectivity index (χ1) is 15.8. The Kier molecular flexibility index (Phi) is 7.54. The number of hydrogen-bond acceptors (Lipinski definition) is 7. The van der Waals surface area contributed by atoms with E-state index in [0.717, 1.165) is 22.4 Å². The Hall–Kier alpha value is -4.02. The number of aromatic amines is 1. The number of aromatic nitrogens is 2. The third-order valence-electron chi connectivity index (χ3n) is 4.87. The number of nitrogens with zero attached hydrogens (tertiary/aromatic N) is 2. The minimum Gasteiger partial charge on any atom is -0.496 e. The van der Waals surface area contributed by atoms with Crippen LogP contribution in [0.4, 0.5) is 0 Å². The lowest BCUT2D eigenvalue weighted by Crippen LogP contribution is -2.47. The molecule has 33 heavy (non-hydrogen) atoms. The average molecular weight is 452 g/mol. The molecule has 10 heteroatoms. The summed E-state index contributed by atoms with van der Waals surface area (Å²) in [5.74, 6) is -1.62. The third-order valence-corrected chi connectivity index (χ3v) is 4.87. The highest BCUT2D eigenvalue weighted by Crippen LogP contribution is 2.29. The Morgan fingerprint density at radius 1 is 1.15 bits per heavy atom. The van der Waals surface area contributed by atoms with E-state index in [2.05, 4.69) is 15.6 Å². The maximum absolute atomic E-state index is 12.6. The fourth-order valence-electron chi connectivity index (χ4n) is 3.15. The number of hydrogen-bond donors (Lipinski definition) is 4. The molecule has 0 bridgehead atoms. The molecule has 1 aromatic heterocycles. The molecule has 1 amide bonds. The van der Waals surface area contributed by atoms with Crippen LogP contribution >= 0.6 is 0 Å². The Bertz CT molecular complexity index is 1140. The standard InChI is InChI=1S/C23H24N4O6/c1-14(28)18-11-19(25-24-18)22(30)26-27(13-20(29)23(31)32)12-15-7-9-16(10-8-15)17-5-3-4-6-21(17)33-2/h3-11,20,29H,12-13H2,1-2H3,(H,24,25)(H,26,30)(H,31,32). The van der Waals surface area contributed by atoms with Gasteiger partial charge in [-0.3, -0.25) is 20.1 Å². The van der Waals surface area contributed by atoms with Gasteiger partial charge in [-0.15, -0.1) is 0 Å². The molecule has 0 saturated carbocycles. The van der Waals surface area contributed by atoms with Crippen LogP contribution in [0.2, 0.25) is 0 Å². The first-order valence-electron chi connectivity index (χ1n) is 10.0. The number of Topliss-reactive ketones (excluding diaryl/α,β-unsaturated/α-hetero) is 1. The molecule has 2 aromatic carbocycles. The number of ketones is 1. The summed E-state index contributed by atoms with van der Waals surface area (Å²) >= 11 is 0. The molecule has 1 atom stereocenters. The molecule has 172 valence electrons. The highest BCUT2D eigenvalue weighted by Gasteiger charge is 2.21. The van der Waals surface area contributed by atoms with E-state index in [9.17, 15) is 19.5 Å². The Morgan fingerprint density at radius 3 is 2.45 bits per heavy atom. The molecule has 0 saturated heterocycles. The summed E-state index contributed by atoms with van der Waals surface area (Å²) in [5.41, 5.74) is 5.29. The van der Waals surface area contributed by atoms with E-state index >= 15 is 0 Å². The maximum Gasteiger partial charge on any atom is 0.333 e. The number of aliphatic carboxylic acids is 1. The Morgan fingerprint density at radius 2 is 1.85 bits per heavy atom. The summed E-state index contributed by atoms with van der Waals surface area (Å²) < 4.78 is 5.39. The van der Waals surface area contributed by atoms with Gasteiger partial charge in [-0.05, 0) is 23.3 Å². The predicted molar refractivity (Wildman–Crippen MR) is 119 cm³/mol. The van der Waals surface area contributed by atoms with Crippen molar-refractivity contribution in [3.05, 3.63) is 71.5 Å². The second-order valence-electron chi connectivity index (χ2n) is 7.30. The van der Waals surface area contributed by atoms with Gasteiger partial charge in [0, 0.05) is 19.0 Å². The summed E-state index contributed by atoms with van der Waals surface area (Å²) in [6, 6.07) is 16.3. The largest absolute Gasteiger partial charge is 0.496 e. The van der Waals surface area contributed by atoms with Crippen LogP contribution < -0.4 is 10.2 Å². The van der Waals surface area contributed by atoms with Crippen molar-refractivity contribution in [3.63, 3.8) is 0 Å². The Labute approximate surface area is 189 Å². The van der Waals surface area contributed by atoms with E-state index in [-0.39, 0.29) is 30.3 Å². The molecule has 0 aliphatic carbocycles. The molecule has 0 spiro atoms. The van der Waals surface area contributed by atoms with Crippen molar-refractivity contribution >= 4 is 17.7 Å². The van der Waals surface area contributed by atoms with Crippen LogP contribution in [0, 0.1) is 0 Å². The normalized spacial score (nSPS) is 11.8. The van der Waals surface area contributed by atoms with Crippen molar-refractivity contribution in [3.8, 4) is 16.9 Å². The number of aliphatic hydroxyl groups is 1. The van der Waals surface area contributed by atoms with Crippen LogP contribution in [0.1, 0.15) is 33.5 Å². The summed E-state index contributed by atoms with van der Waals surface area (Å²) in [6.45, 7) is 1.08. The number of para-hydroxylation sites is 1. The molecule has 3 rings (SSSR count). The van der Waals surface area contributed by atoms with E-state index < -0.39 is 18.0 Å². The molecule has 10 nitrogen and oxygen atoms in total. The highest BCUT2D eigenvalue weighted by atomic mass is 16.5. The first kappa shape index (κ1) is 23.6. The van der Waals surface area contributed by atoms with Gasteiger partial charge in [0.2, 0.25) is 0 Å². The molecule has 4 N–H and O–H groups in total. The minimum absolute atomic E-state index is 0.0292. The Balaban J connectivity index is 1.77. The molecule has 0 radical (unpaired) electrons. The van der Waals surface area contributed by atoms with Gasteiger partial charge in [0.25, 0.3) is 5.91 Å². The van der Waals surface area contributed by atoms with Crippen LogP contribution in [0.5, 0.6) is 5.75 Å². The molecule has 1 unspecified atom stereocenters. The van der Waals surface area contributed by atoms with Crippen LogP contribution in [-0.4, -0.2) is 62.8 Å². The number of methoxy groups -OCH3 is 1. The summed E-state index contributed by atoms with van der Waals surface area (Å²) in [7, 11) is 1.60. The van der Waals surface area contributed by atoms with Gasteiger partial charge in [-0.2, -0.15) is 5.10 Å². The van der Waals surface area contributed by atoms with Gasteiger partial charge in [0.1, 0.15) is 17.1 Å². The average Bonchev–Trinajstić information content (AvgIpc) is 3.30. The summed E-state index contributed by atoms with van der Waals surface area (Å²) in [5, 5.41) is 26.4. The van der Waals surface area contributed by atoms with E-state index in [4.69, 9.17) is 9.84 Å². The number of carboxylic acids is 1. The van der Waals surface area contributed by atoms with Gasteiger partial charge < -0.3 is 14.9 Å². The second kappa shape index (κ2) is 10.5. The number of carboxylic acid groups (broad SMARTS) is 1. The fourth-order valence-corrected chi connectivity index (χ4v) is 3.15. The number of rotatable bonds is 10. The lowest BCUT2D eigenvalue weighted by atomic mass is 10.0. The number of ether oxygens (including phenoxy) is 1. The maximum atomic E-state index is 12.6. The third kappa shape index (κ3) is 6.03. The molecule has 0 aliphatic rings. The zero-order valence-electron chi connectivity index (χ0n) is 18.1. The number of nitrogens with one attached hydrogen (secondary N) is 2. The van der Waals surface area contributed by atoms with E-state index in [1.165, 1.54) is 18.0 Å². The smallest absolute Gasteiger partial charge is 0.333 e. The molecular weight excluding hydrogens is 428 g/mol. The number of hydrazine groups is 1. The van der Waals surface area contributed by atoms with Crippen molar-refractivity contribution in [2.45, 2.75) is 19.6 Å². The molecular formula is C23H24N4O6. The van der Waals surface area contributed by atoms with Gasteiger partial charge in [0.05, 0.1) is 13.7 Å². The zero-order valence-corrected chi connectivity index (χ0v) is 18.1. The van der Waals surface area contributed by atoms with Crippen molar-refractivity contribution in [2.24, 2.45) is 0 Å². The number of H-pyrrole nitrogens is 1. The summed E-state index contributed by atoms with van der Waals surface area (Å²) in [6.07, 6.45) is -1.72. The van der Waals surface area contributed by atoms with Crippen LogP contribution in [0.25, 0.3) is 11.1 Å². The van der Waals surface area contributed by atoms with Gasteiger partial charge >= 0.3 is 5.97 Å². The lowest BCUT2D eigenvalue weighted by Gasteiger charge is -2.24. The molecule has 0 fully saturated rings. The van der Waals surface area contributed by atoms with E-state index in [1.54, 1.807) is 7.11 Å². The fraction of sp³-hybridized carbons (Fsp3) is 0.217. The van der Waals surface area contributed by atoms with E-state index in [0.29, 0.717) is 0 Å². The lowest BCUT2D eigenvalue weighted by molar-refractivity contribution is -0.148. The number of aliphatic hydroxyl groups excluding tert-OH is 1. The number of carbonyl (C=O) groups excluding carboxylic acids is 2. The zero-order chi connectivity index (χ0) is 24.0. The van der Waals surface area contributed by atoms with Crippen molar-refractivity contribution in [1.29, 1.82) is 0 Å². The first-order valence-corrected chi connectivity index (χ1v) is 10.0. The highest BCUT2D eigenvalue weighted by molar-refractivity contribution is 5.97. The molecule has 0 aliphatic heterocycles. The monoisotopic (exact) mass is 452 g/mol. The van der Waals surface area contributed by atoms with Crippen molar-refractivity contribution < 1.29 is 29.3 Å². The topological polar surface area (TPSA) is 145 Å². The quantitative estimate of drug-likeness (QED) is 0.270.